The Morgan fingerprint density at radius 2 is 1.44 bits per heavy atom. The number of aryl methyl sites for hydroxylation is 1. The first-order valence-corrected chi connectivity index (χ1v) is 17.9. The molecular weight excluding hydrogens is 617 g/mol. The Morgan fingerprint density at radius 1 is 0.844 bits per heavy atom. The van der Waals surface area contributed by atoms with Crippen LogP contribution in [-0.4, -0.2) is 44.0 Å². The molecule has 234 valence electrons. The molecule has 10 nitrogen and oxygen atoms in total. The monoisotopic (exact) mass is 649 g/mol. The molecule has 0 amide bonds. The smallest absolute Gasteiger partial charge is 0.374 e. The summed E-state index contributed by atoms with van der Waals surface area (Å²) in [5.41, 5.74) is 3.06. The first kappa shape index (κ1) is 30.8. The number of rotatable bonds is 11. The number of ether oxygens (including phenoxy) is 1. The molecule has 0 atom stereocenters. The summed E-state index contributed by atoms with van der Waals surface area (Å²) < 4.78 is 79.1. The van der Waals surface area contributed by atoms with Crippen LogP contribution in [0.25, 0.3) is 38.7 Å². The van der Waals surface area contributed by atoms with Gasteiger partial charge in [0.1, 0.15) is 0 Å². The van der Waals surface area contributed by atoms with E-state index in [2.05, 4.69) is 0 Å². The minimum Gasteiger partial charge on any atom is -0.439 e. The summed E-state index contributed by atoms with van der Waals surface area (Å²) in [4.78, 5) is 1.90. The Morgan fingerprint density at radius 3 is 2.09 bits per heavy atom. The molecule has 0 saturated carbocycles. The van der Waals surface area contributed by atoms with E-state index < -0.39 is 20.2 Å². The number of nitrogens with zero attached hydrogens (tertiary/aromatic N) is 2. The molecule has 45 heavy (non-hydrogen) atoms. The quantitative estimate of drug-likeness (QED) is 0.128. The maximum Gasteiger partial charge on any atom is 0.374 e. The number of allylic oxidation sites excluding steroid dienone is 2. The molecule has 0 spiro atoms. The second-order valence-electron chi connectivity index (χ2n) is 11.0. The average molecular weight is 650 g/mol. The number of hydrogen-bond donors (Lipinski definition) is 2. The molecule has 0 unspecified atom stereocenters. The summed E-state index contributed by atoms with van der Waals surface area (Å²) in [5, 5.41) is 4.02. The van der Waals surface area contributed by atoms with Crippen molar-refractivity contribution < 1.29 is 39.7 Å². The second-order valence-corrected chi connectivity index (χ2v) is 14.2. The van der Waals surface area contributed by atoms with Crippen molar-refractivity contribution in [3.8, 4) is 5.75 Å². The average Bonchev–Trinajstić information content (AvgIpc) is 3.48. The number of benzene rings is 4. The lowest BCUT2D eigenvalue weighted by molar-refractivity contribution is -0.677. The number of fused-ring (bicyclic) bond motifs is 4. The molecule has 6 rings (SSSR count). The summed E-state index contributed by atoms with van der Waals surface area (Å²) in [6, 6.07) is 23.7. The Balaban J connectivity index is 1.41. The Bertz CT molecular complexity index is 2200. The van der Waals surface area contributed by atoms with Crippen LogP contribution >= 0.6 is 0 Å². The summed E-state index contributed by atoms with van der Waals surface area (Å²) >= 11 is 0. The highest BCUT2D eigenvalue weighted by Crippen LogP contribution is 2.42. The standard InChI is InChI=1S/C33H32N2O8S2/c1-2-23(17-32-34(13-7-15-44(36,37)38)28-19-24-9-3-5-11-26(24)21-30(28)42-32)18-33-35(14-8-16-45(39,40)41)29-20-25-10-4-6-12-27(25)22-31(29)43-33/h3-6,9-12,17-22H,2,7-8,13-16H2,1H3,(H-,36,37,38,39,40,41)/p+1. The lowest BCUT2D eigenvalue weighted by atomic mass is 10.1. The lowest BCUT2D eigenvalue weighted by Gasteiger charge is -2.18. The van der Waals surface area contributed by atoms with Crippen LogP contribution in [0.15, 0.2) is 94.7 Å². The molecule has 1 aliphatic heterocycles. The van der Waals surface area contributed by atoms with Crippen LogP contribution in [-0.2, 0) is 26.8 Å². The number of hydrogen-bond acceptors (Lipinski definition) is 7. The molecule has 12 heteroatoms. The second kappa shape index (κ2) is 12.3. The zero-order valence-electron chi connectivity index (χ0n) is 24.6. The molecular formula is C33H33N2O8S2+. The molecule has 0 bridgehead atoms. The molecule has 1 aliphatic rings. The van der Waals surface area contributed by atoms with Crippen molar-refractivity contribution in [2.75, 3.05) is 23.0 Å². The van der Waals surface area contributed by atoms with Crippen LogP contribution < -0.4 is 14.2 Å². The highest BCUT2D eigenvalue weighted by atomic mass is 32.2. The fourth-order valence-electron chi connectivity index (χ4n) is 5.62. The minimum atomic E-state index is -4.13. The van der Waals surface area contributed by atoms with Crippen molar-refractivity contribution in [2.24, 2.45) is 0 Å². The number of aromatic nitrogens is 1. The molecule has 2 heterocycles. The summed E-state index contributed by atoms with van der Waals surface area (Å²) in [6.07, 6.45) is 4.71. The maximum atomic E-state index is 11.5. The van der Waals surface area contributed by atoms with Gasteiger partial charge < -0.3 is 14.1 Å². The van der Waals surface area contributed by atoms with Gasteiger partial charge in [-0.25, -0.2) is 0 Å². The molecule has 0 radical (unpaired) electrons. The van der Waals surface area contributed by atoms with Crippen LogP contribution in [0.5, 0.6) is 5.75 Å². The van der Waals surface area contributed by atoms with Gasteiger partial charge in [-0.3, -0.25) is 9.11 Å². The Kier molecular flexibility index (Phi) is 8.40. The van der Waals surface area contributed by atoms with Crippen LogP contribution in [0.3, 0.4) is 0 Å². The van der Waals surface area contributed by atoms with Crippen LogP contribution in [0.1, 0.15) is 32.1 Å². The topological polar surface area (TPSA) is 138 Å². The van der Waals surface area contributed by atoms with E-state index in [1.165, 1.54) is 0 Å². The maximum absolute atomic E-state index is 11.5. The van der Waals surface area contributed by atoms with Gasteiger partial charge in [-0.15, -0.1) is 0 Å². The van der Waals surface area contributed by atoms with Gasteiger partial charge in [-0.05, 0) is 58.2 Å². The first-order chi connectivity index (χ1) is 21.5. The minimum absolute atomic E-state index is 0.182. The van der Waals surface area contributed by atoms with Crippen LogP contribution in [0.4, 0.5) is 5.69 Å². The fourth-order valence-corrected chi connectivity index (χ4v) is 6.61. The molecule has 5 aromatic rings. The van der Waals surface area contributed by atoms with E-state index in [0.29, 0.717) is 42.6 Å². The number of anilines is 1. The molecule has 0 fully saturated rings. The zero-order valence-corrected chi connectivity index (χ0v) is 26.2. The van der Waals surface area contributed by atoms with Gasteiger partial charge in [-0.2, -0.15) is 21.4 Å². The fraction of sp³-hybridized carbons (Fsp3) is 0.242. The van der Waals surface area contributed by atoms with Gasteiger partial charge in [0.05, 0.1) is 23.3 Å². The summed E-state index contributed by atoms with van der Waals surface area (Å²) in [6.45, 7) is 2.57. The third-order valence-electron chi connectivity index (χ3n) is 7.79. The van der Waals surface area contributed by atoms with Gasteiger partial charge >= 0.3 is 5.89 Å². The van der Waals surface area contributed by atoms with Crippen molar-refractivity contribution in [1.82, 2.24) is 0 Å². The van der Waals surface area contributed by atoms with Gasteiger partial charge in [0.25, 0.3) is 25.8 Å². The van der Waals surface area contributed by atoms with Gasteiger partial charge in [0.15, 0.2) is 12.3 Å². The van der Waals surface area contributed by atoms with E-state index in [1.54, 1.807) is 0 Å². The van der Waals surface area contributed by atoms with Crippen LogP contribution in [0, 0.1) is 0 Å². The third-order valence-corrected chi connectivity index (χ3v) is 9.40. The van der Waals surface area contributed by atoms with E-state index in [4.69, 9.17) is 9.15 Å². The molecule has 2 N–H and O–H groups in total. The predicted molar refractivity (Wildman–Crippen MR) is 174 cm³/mol. The highest BCUT2D eigenvalue weighted by Gasteiger charge is 2.28. The lowest BCUT2D eigenvalue weighted by Crippen LogP contribution is -2.36. The Hall–Kier alpha value is -4.23. The molecule has 0 saturated heterocycles. The summed E-state index contributed by atoms with van der Waals surface area (Å²) in [5.74, 6) is 0.880. The largest absolute Gasteiger partial charge is 0.439 e. The van der Waals surface area contributed by atoms with Crippen molar-refractivity contribution >= 4 is 64.6 Å². The van der Waals surface area contributed by atoms with E-state index in [1.807, 2.05) is 101 Å². The van der Waals surface area contributed by atoms with Gasteiger partial charge in [0.2, 0.25) is 11.5 Å². The zero-order chi connectivity index (χ0) is 31.8. The van der Waals surface area contributed by atoms with Gasteiger partial charge in [-0.1, -0.05) is 55.5 Å². The van der Waals surface area contributed by atoms with E-state index in [-0.39, 0.29) is 24.3 Å². The SMILES string of the molecule is CCC(=Cc1oc2cc3ccccc3cc2[n+]1CCCS(=O)(=O)O)C=C1Oc2cc3ccccc3cc2N1CCCS(=O)(=O)O. The van der Waals surface area contributed by atoms with Crippen molar-refractivity contribution in [3.05, 3.63) is 96.2 Å². The van der Waals surface area contributed by atoms with Crippen molar-refractivity contribution in [2.45, 2.75) is 32.7 Å². The van der Waals surface area contributed by atoms with Crippen molar-refractivity contribution in [1.29, 1.82) is 0 Å². The molecule has 1 aromatic heterocycles. The normalized spacial score (nSPS) is 15.0. The highest BCUT2D eigenvalue weighted by molar-refractivity contribution is 7.86. The van der Waals surface area contributed by atoms with Crippen molar-refractivity contribution in [3.63, 3.8) is 0 Å². The molecule has 0 aliphatic carbocycles. The third kappa shape index (κ3) is 7.04. The van der Waals surface area contributed by atoms with E-state index in [9.17, 15) is 25.9 Å². The van der Waals surface area contributed by atoms with E-state index >= 15 is 0 Å². The van der Waals surface area contributed by atoms with E-state index in [0.717, 1.165) is 38.3 Å². The van der Waals surface area contributed by atoms with Gasteiger partial charge in [0, 0.05) is 25.1 Å². The van der Waals surface area contributed by atoms with Crippen LogP contribution in [0.2, 0.25) is 0 Å². The predicted octanol–water partition coefficient (Wildman–Crippen LogP) is 6.12. The summed E-state index contributed by atoms with van der Waals surface area (Å²) in [7, 11) is -8.26. The number of oxazole rings is 1. The molecule has 4 aromatic carbocycles. The Labute approximate surface area is 261 Å². The first-order valence-electron chi connectivity index (χ1n) is 14.6.